The van der Waals surface area contributed by atoms with Gasteiger partial charge >= 0.3 is 0 Å². The summed E-state index contributed by atoms with van der Waals surface area (Å²) in [7, 11) is -5.62. The fourth-order valence-electron chi connectivity index (χ4n) is 3.74. The average molecular weight is 465 g/mol. The smallest absolute Gasteiger partial charge is 0.282 e. The maximum atomic E-state index is 12.9. The number of amides is 1. The number of thiophene rings is 1. The number of carbonyl (C=O) groups is 1. The summed E-state index contributed by atoms with van der Waals surface area (Å²) in [4.78, 5) is 13.9. The third kappa shape index (κ3) is 5.36. The Morgan fingerprint density at radius 3 is 2.38 bits per heavy atom. The molecule has 0 aromatic carbocycles. The van der Waals surface area contributed by atoms with E-state index in [-0.39, 0.29) is 48.9 Å². The molecule has 0 atom stereocenters. The number of nitrogens with one attached hydrogen (secondary N) is 1. The van der Waals surface area contributed by atoms with Crippen LogP contribution in [-0.2, 0) is 25.0 Å². The van der Waals surface area contributed by atoms with Crippen LogP contribution in [-0.4, -0.2) is 82.1 Å². The maximum absolute atomic E-state index is 12.9. The summed E-state index contributed by atoms with van der Waals surface area (Å²) in [6.45, 7) is 0.579. The quantitative estimate of drug-likeness (QED) is 0.639. The Kier molecular flexibility index (Phi) is 7.33. The lowest BCUT2D eigenvalue weighted by atomic mass is 9.96. The molecule has 1 aromatic heterocycles. The van der Waals surface area contributed by atoms with Crippen molar-refractivity contribution in [3.63, 3.8) is 0 Å². The lowest BCUT2D eigenvalue weighted by Crippen LogP contribution is -2.56. The lowest BCUT2D eigenvalue weighted by Gasteiger charge is -2.38. The summed E-state index contributed by atoms with van der Waals surface area (Å²) in [6.07, 6.45) is 5.03. The Balaban J connectivity index is 1.51. The molecule has 1 N–H and O–H groups in total. The van der Waals surface area contributed by atoms with Crippen LogP contribution in [0.2, 0.25) is 0 Å². The van der Waals surface area contributed by atoms with Crippen LogP contribution < -0.4 is 4.72 Å². The fraction of sp³-hybridized carbons (Fsp3) is 0.706. The monoisotopic (exact) mass is 464 g/mol. The molecule has 3 rings (SSSR count). The zero-order chi connectivity index (χ0) is 21.1. The minimum atomic E-state index is -3.70. The molecule has 9 nitrogen and oxygen atoms in total. The summed E-state index contributed by atoms with van der Waals surface area (Å²) >= 11 is 1.08. The Morgan fingerprint density at radius 2 is 1.79 bits per heavy atom. The predicted octanol–water partition coefficient (Wildman–Crippen LogP) is 0.680. The Morgan fingerprint density at radius 1 is 1.14 bits per heavy atom. The van der Waals surface area contributed by atoms with E-state index in [0.717, 1.165) is 43.4 Å². The van der Waals surface area contributed by atoms with Gasteiger partial charge in [0.15, 0.2) is 0 Å². The molecule has 29 heavy (non-hydrogen) atoms. The topological polar surface area (TPSA) is 107 Å². The molecule has 0 radical (unpaired) electrons. The minimum Gasteiger partial charge on any atom is -0.339 e. The summed E-state index contributed by atoms with van der Waals surface area (Å²) in [6, 6.07) is 3.15. The second kappa shape index (κ2) is 9.40. The van der Waals surface area contributed by atoms with Gasteiger partial charge in [0.1, 0.15) is 4.21 Å². The Hall–Kier alpha value is -1.05. The third-order valence-corrected chi connectivity index (χ3v) is 10.4. The van der Waals surface area contributed by atoms with Crippen molar-refractivity contribution in [2.75, 3.05) is 39.8 Å². The largest absolute Gasteiger partial charge is 0.339 e. The second-order valence-electron chi connectivity index (χ2n) is 7.35. The van der Waals surface area contributed by atoms with E-state index in [9.17, 15) is 21.6 Å². The van der Waals surface area contributed by atoms with E-state index >= 15 is 0 Å². The normalized spacial score (nSPS) is 20.3. The fourth-order valence-corrected chi connectivity index (χ4v) is 7.33. The minimum absolute atomic E-state index is 0.0417. The average Bonchev–Trinajstić information content (AvgIpc) is 3.28. The molecule has 2 aliphatic rings. The van der Waals surface area contributed by atoms with E-state index in [1.165, 1.54) is 19.6 Å². The zero-order valence-corrected chi connectivity index (χ0v) is 18.9. The van der Waals surface area contributed by atoms with Crippen molar-refractivity contribution in [3.05, 3.63) is 17.5 Å². The lowest BCUT2D eigenvalue weighted by molar-refractivity contribution is -0.131. The van der Waals surface area contributed by atoms with Crippen LogP contribution >= 0.6 is 11.3 Å². The van der Waals surface area contributed by atoms with Gasteiger partial charge in [-0.3, -0.25) is 4.79 Å². The van der Waals surface area contributed by atoms with Gasteiger partial charge in [0.05, 0.1) is 6.54 Å². The number of hydrogen-bond acceptors (Lipinski definition) is 6. The van der Waals surface area contributed by atoms with E-state index < -0.39 is 20.2 Å². The standard InChI is InChI=1S/C17H28N4O5S3/c1-19(15-6-3-2-4-7-15)29(25,26)21-11-9-20(10-12-21)16(22)14-18-28(23,24)17-8-5-13-27-17/h5,8,13,15,18H,2-4,6-7,9-12,14H2,1H3. The van der Waals surface area contributed by atoms with Gasteiger partial charge in [0.25, 0.3) is 20.2 Å². The van der Waals surface area contributed by atoms with Crippen LogP contribution in [0.1, 0.15) is 32.1 Å². The molecule has 1 saturated heterocycles. The number of carbonyl (C=O) groups excluding carboxylic acids is 1. The predicted molar refractivity (Wildman–Crippen MR) is 111 cm³/mol. The molecule has 12 heteroatoms. The highest BCUT2D eigenvalue weighted by atomic mass is 32.2. The van der Waals surface area contributed by atoms with Gasteiger partial charge in [-0.05, 0) is 24.3 Å². The molecule has 0 unspecified atom stereocenters. The van der Waals surface area contributed by atoms with Crippen molar-refractivity contribution >= 4 is 37.5 Å². The van der Waals surface area contributed by atoms with Crippen LogP contribution in [0.15, 0.2) is 21.7 Å². The number of sulfonamides is 1. The van der Waals surface area contributed by atoms with Crippen molar-refractivity contribution in [1.29, 1.82) is 0 Å². The zero-order valence-electron chi connectivity index (χ0n) is 16.5. The summed E-state index contributed by atoms with van der Waals surface area (Å²) in [5.74, 6) is -0.359. The van der Waals surface area contributed by atoms with Crippen molar-refractivity contribution in [3.8, 4) is 0 Å². The molecule has 0 spiro atoms. The van der Waals surface area contributed by atoms with Crippen LogP contribution in [0.5, 0.6) is 0 Å². The first kappa shape index (κ1) is 22.6. The highest BCUT2D eigenvalue weighted by Gasteiger charge is 2.35. The van der Waals surface area contributed by atoms with Crippen LogP contribution in [0.3, 0.4) is 0 Å². The third-order valence-electron chi connectivity index (χ3n) is 5.54. The maximum Gasteiger partial charge on any atom is 0.282 e. The van der Waals surface area contributed by atoms with Gasteiger partial charge in [-0.25, -0.2) is 13.1 Å². The SMILES string of the molecule is CN(C1CCCCC1)S(=O)(=O)N1CCN(C(=O)CNS(=O)(=O)c2cccs2)CC1. The van der Waals surface area contributed by atoms with E-state index in [2.05, 4.69) is 4.72 Å². The number of hydrogen-bond donors (Lipinski definition) is 1. The van der Waals surface area contributed by atoms with Gasteiger partial charge in [0.2, 0.25) is 5.91 Å². The molecule has 2 fully saturated rings. The van der Waals surface area contributed by atoms with E-state index in [0.29, 0.717) is 0 Å². The van der Waals surface area contributed by atoms with E-state index in [4.69, 9.17) is 0 Å². The van der Waals surface area contributed by atoms with Gasteiger partial charge in [0, 0.05) is 39.3 Å². The van der Waals surface area contributed by atoms with Crippen LogP contribution in [0, 0.1) is 0 Å². The summed E-state index contributed by atoms with van der Waals surface area (Å²) in [5, 5.41) is 1.65. The first-order valence-electron chi connectivity index (χ1n) is 9.76. The van der Waals surface area contributed by atoms with Crippen molar-refractivity contribution in [2.45, 2.75) is 42.4 Å². The highest BCUT2D eigenvalue weighted by Crippen LogP contribution is 2.25. The van der Waals surface area contributed by atoms with Crippen molar-refractivity contribution in [1.82, 2.24) is 18.2 Å². The molecule has 1 amide bonds. The van der Waals surface area contributed by atoms with Crippen LogP contribution in [0.4, 0.5) is 0 Å². The molecule has 164 valence electrons. The van der Waals surface area contributed by atoms with Gasteiger partial charge in [-0.1, -0.05) is 25.3 Å². The first-order valence-corrected chi connectivity index (χ1v) is 13.5. The number of rotatable bonds is 7. The van der Waals surface area contributed by atoms with Gasteiger partial charge in [-0.2, -0.15) is 17.0 Å². The van der Waals surface area contributed by atoms with Crippen molar-refractivity contribution < 1.29 is 21.6 Å². The molecular weight excluding hydrogens is 436 g/mol. The summed E-state index contributed by atoms with van der Waals surface area (Å²) < 4.78 is 55.4. The molecule has 1 aliphatic heterocycles. The van der Waals surface area contributed by atoms with E-state index in [1.807, 2.05) is 0 Å². The van der Waals surface area contributed by atoms with Gasteiger partial charge < -0.3 is 4.90 Å². The summed E-state index contributed by atoms with van der Waals surface area (Å²) in [5.41, 5.74) is 0. The number of piperazine rings is 1. The molecule has 1 saturated carbocycles. The number of nitrogens with zero attached hydrogens (tertiary/aromatic N) is 3. The van der Waals surface area contributed by atoms with Crippen molar-refractivity contribution in [2.24, 2.45) is 0 Å². The van der Waals surface area contributed by atoms with Crippen LogP contribution in [0.25, 0.3) is 0 Å². The first-order chi connectivity index (χ1) is 13.7. The Bertz CT molecular complexity index is 888. The molecule has 1 aromatic rings. The second-order valence-corrected chi connectivity index (χ2v) is 12.3. The van der Waals surface area contributed by atoms with E-state index in [1.54, 1.807) is 18.5 Å². The van der Waals surface area contributed by atoms with Gasteiger partial charge in [-0.15, -0.1) is 11.3 Å². The molecule has 2 heterocycles. The molecule has 1 aliphatic carbocycles. The highest BCUT2D eigenvalue weighted by molar-refractivity contribution is 7.91. The molecule has 0 bridgehead atoms. The Labute approximate surface area is 176 Å². The molecular formula is C17H28N4O5S3.